The Labute approximate surface area is 158 Å². The largest absolute Gasteiger partial charge is 0.396 e. The summed E-state index contributed by atoms with van der Waals surface area (Å²) >= 11 is 0. The Morgan fingerprint density at radius 1 is 0.962 bits per heavy atom. The molecule has 0 bridgehead atoms. The normalized spacial score (nSPS) is 57.8. The van der Waals surface area contributed by atoms with Crippen molar-refractivity contribution in [3.8, 4) is 0 Å². The molecule has 4 nitrogen and oxygen atoms in total. The topological polar surface area (TPSA) is 80.9 Å². The predicted molar refractivity (Wildman–Crippen MR) is 100 cm³/mol. The highest BCUT2D eigenvalue weighted by atomic mass is 16.3. The maximum absolute atomic E-state index is 11.3. The first-order chi connectivity index (χ1) is 12.2. The van der Waals surface area contributed by atoms with Crippen molar-refractivity contribution in [3.05, 3.63) is 0 Å². The maximum Gasteiger partial charge on any atom is 0.0602 e. The van der Waals surface area contributed by atoms with Gasteiger partial charge in [0.15, 0.2) is 0 Å². The number of fused-ring (bicyclic) bond motifs is 5. The number of rotatable bonds is 2. The van der Waals surface area contributed by atoms with Crippen molar-refractivity contribution in [2.75, 3.05) is 6.61 Å². The third-order valence-electron chi connectivity index (χ3n) is 9.81. The summed E-state index contributed by atoms with van der Waals surface area (Å²) in [7, 11) is 0. The van der Waals surface area contributed by atoms with Crippen LogP contribution in [0.4, 0.5) is 0 Å². The Morgan fingerprint density at radius 2 is 1.69 bits per heavy atom. The molecule has 4 aliphatic rings. The van der Waals surface area contributed by atoms with Gasteiger partial charge in [-0.25, -0.2) is 0 Å². The minimum atomic E-state index is -0.357. The van der Waals surface area contributed by atoms with E-state index in [0.717, 1.165) is 44.9 Å². The van der Waals surface area contributed by atoms with Gasteiger partial charge in [0, 0.05) is 6.61 Å². The zero-order chi connectivity index (χ0) is 18.9. The summed E-state index contributed by atoms with van der Waals surface area (Å²) in [5, 5.41) is 42.4. The summed E-state index contributed by atoms with van der Waals surface area (Å²) in [6, 6.07) is 0. The second-order valence-electron chi connectivity index (χ2n) is 10.7. The van der Waals surface area contributed by atoms with Crippen LogP contribution in [0, 0.1) is 46.3 Å². The van der Waals surface area contributed by atoms with Crippen LogP contribution in [0.1, 0.15) is 65.7 Å². The molecule has 0 aliphatic heterocycles. The van der Waals surface area contributed by atoms with Gasteiger partial charge in [-0.15, -0.1) is 0 Å². The minimum absolute atomic E-state index is 0.131. The van der Waals surface area contributed by atoms with Crippen LogP contribution < -0.4 is 0 Å². The Hall–Kier alpha value is -0.160. The molecule has 0 aromatic heterocycles. The zero-order valence-corrected chi connectivity index (χ0v) is 16.6. The average molecular weight is 367 g/mol. The van der Waals surface area contributed by atoms with Gasteiger partial charge in [0.25, 0.3) is 0 Å². The van der Waals surface area contributed by atoms with Crippen LogP contribution in [0.15, 0.2) is 0 Å². The van der Waals surface area contributed by atoms with Gasteiger partial charge < -0.3 is 20.4 Å². The molecule has 4 rings (SSSR count). The van der Waals surface area contributed by atoms with Crippen LogP contribution in [-0.2, 0) is 0 Å². The lowest BCUT2D eigenvalue weighted by Crippen LogP contribution is -2.62. The summed E-state index contributed by atoms with van der Waals surface area (Å²) < 4.78 is 0. The van der Waals surface area contributed by atoms with Gasteiger partial charge in [-0.3, -0.25) is 0 Å². The summed E-state index contributed by atoms with van der Waals surface area (Å²) in [6.45, 7) is 6.88. The molecule has 0 amide bonds. The van der Waals surface area contributed by atoms with Crippen molar-refractivity contribution in [3.63, 3.8) is 0 Å². The lowest BCUT2D eigenvalue weighted by atomic mass is 9.43. The second kappa shape index (κ2) is 6.43. The van der Waals surface area contributed by atoms with Crippen molar-refractivity contribution in [2.24, 2.45) is 46.3 Å². The van der Waals surface area contributed by atoms with Gasteiger partial charge in [0.2, 0.25) is 0 Å². The summed E-state index contributed by atoms with van der Waals surface area (Å²) in [5.74, 6) is 1.85. The van der Waals surface area contributed by atoms with E-state index >= 15 is 0 Å². The molecule has 0 saturated heterocycles. The van der Waals surface area contributed by atoms with Crippen molar-refractivity contribution in [1.82, 2.24) is 0 Å². The van der Waals surface area contributed by atoms with Gasteiger partial charge in [-0.2, -0.15) is 0 Å². The van der Waals surface area contributed by atoms with E-state index in [1.54, 1.807) is 0 Å². The highest BCUT2D eigenvalue weighted by molar-refractivity contribution is 5.14. The molecule has 0 spiro atoms. The summed E-state index contributed by atoms with van der Waals surface area (Å²) in [4.78, 5) is 0. The molecule has 11 atom stereocenters. The molecule has 4 fully saturated rings. The molecule has 150 valence electrons. The van der Waals surface area contributed by atoms with Crippen molar-refractivity contribution in [2.45, 2.75) is 84.0 Å². The van der Waals surface area contributed by atoms with E-state index in [9.17, 15) is 20.4 Å². The maximum atomic E-state index is 11.3. The Bertz CT molecular complexity index is 538. The summed E-state index contributed by atoms with van der Waals surface area (Å²) in [6.07, 6.45) is 5.46. The fourth-order valence-corrected chi connectivity index (χ4v) is 8.26. The molecule has 0 aromatic rings. The third kappa shape index (κ3) is 2.48. The number of hydrogen-bond donors (Lipinski definition) is 4. The monoisotopic (exact) mass is 366 g/mol. The first-order valence-electron chi connectivity index (χ1n) is 10.9. The third-order valence-corrected chi connectivity index (χ3v) is 9.81. The molecule has 26 heavy (non-hydrogen) atoms. The Balaban J connectivity index is 1.68. The molecular weight excluding hydrogens is 328 g/mol. The average Bonchev–Trinajstić information content (AvgIpc) is 2.95. The smallest absolute Gasteiger partial charge is 0.0602 e. The SMILES string of the molecule is CC(CO)C1CCC2C3C(O)CC4CC(O)CCC4(C)C3CC(O)C12C. The first-order valence-corrected chi connectivity index (χ1v) is 10.9. The van der Waals surface area contributed by atoms with Gasteiger partial charge >= 0.3 is 0 Å². The highest BCUT2D eigenvalue weighted by Crippen LogP contribution is 2.68. The molecule has 0 heterocycles. The van der Waals surface area contributed by atoms with E-state index < -0.39 is 0 Å². The fourth-order valence-electron chi connectivity index (χ4n) is 8.26. The molecule has 4 heteroatoms. The lowest BCUT2D eigenvalue weighted by molar-refractivity contribution is -0.207. The van der Waals surface area contributed by atoms with Gasteiger partial charge in [0.05, 0.1) is 18.3 Å². The fraction of sp³-hybridized carbons (Fsp3) is 1.00. The molecule has 11 unspecified atom stereocenters. The Kier molecular flexibility index (Phi) is 4.74. The van der Waals surface area contributed by atoms with E-state index in [1.807, 2.05) is 0 Å². The number of aliphatic hydroxyl groups is 4. The minimum Gasteiger partial charge on any atom is -0.396 e. The lowest BCUT2D eigenvalue weighted by Gasteiger charge is -2.63. The van der Waals surface area contributed by atoms with Crippen LogP contribution >= 0.6 is 0 Å². The van der Waals surface area contributed by atoms with Crippen LogP contribution in [0.5, 0.6) is 0 Å². The quantitative estimate of drug-likeness (QED) is 0.605. The Morgan fingerprint density at radius 3 is 2.38 bits per heavy atom. The summed E-state index contributed by atoms with van der Waals surface area (Å²) in [5.41, 5.74) is -0.0617. The van der Waals surface area contributed by atoms with Crippen molar-refractivity contribution in [1.29, 1.82) is 0 Å². The van der Waals surface area contributed by atoms with E-state index in [1.165, 1.54) is 0 Å². The van der Waals surface area contributed by atoms with E-state index in [4.69, 9.17) is 0 Å². The van der Waals surface area contributed by atoms with Crippen LogP contribution in [0.3, 0.4) is 0 Å². The van der Waals surface area contributed by atoms with Crippen LogP contribution in [-0.4, -0.2) is 45.3 Å². The van der Waals surface area contributed by atoms with Gasteiger partial charge in [-0.1, -0.05) is 20.8 Å². The molecule has 4 N–H and O–H groups in total. The van der Waals surface area contributed by atoms with E-state index in [0.29, 0.717) is 23.7 Å². The standard InChI is InChI=1S/C22H38O4/c1-12(11-23)15-4-5-16-20-17(10-19(26)22(15,16)3)21(2)7-6-14(24)8-13(21)9-18(20)25/h12-20,23-26H,4-11H2,1-3H3. The van der Waals surface area contributed by atoms with Crippen molar-refractivity contribution >= 4 is 0 Å². The molecule has 0 aromatic carbocycles. The molecule has 4 saturated carbocycles. The predicted octanol–water partition coefficient (Wildman–Crippen LogP) is 2.58. The zero-order valence-electron chi connectivity index (χ0n) is 16.6. The van der Waals surface area contributed by atoms with Crippen LogP contribution in [0.2, 0.25) is 0 Å². The molecule has 0 radical (unpaired) electrons. The van der Waals surface area contributed by atoms with Crippen LogP contribution in [0.25, 0.3) is 0 Å². The van der Waals surface area contributed by atoms with Gasteiger partial charge in [0.1, 0.15) is 0 Å². The van der Waals surface area contributed by atoms with Crippen molar-refractivity contribution < 1.29 is 20.4 Å². The number of hydrogen-bond acceptors (Lipinski definition) is 4. The first kappa shape index (κ1) is 19.2. The number of aliphatic hydroxyl groups excluding tert-OH is 4. The second-order valence-corrected chi connectivity index (χ2v) is 10.7. The van der Waals surface area contributed by atoms with Gasteiger partial charge in [-0.05, 0) is 91.3 Å². The molecule has 4 aliphatic carbocycles. The highest BCUT2D eigenvalue weighted by Gasteiger charge is 2.65. The molecular formula is C22H38O4. The van der Waals surface area contributed by atoms with E-state index in [2.05, 4.69) is 20.8 Å². The van der Waals surface area contributed by atoms with E-state index in [-0.39, 0.29) is 47.6 Å².